The molecule has 0 aliphatic rings. The first-order valence-electron chi connectivity index (χ1n) is 6.90. The van der Waals surface area contributed by atoms with E-state index in [4.69, 9.17) is 5.26 Å². The standard InChI is InChI=1S/C18H11N3O2/c19-12-14-6-4-13(5-7-14)8-9-15-10-11-16-17(20-15)2-1-3-18(16)21(22)23/h1-11H. The van der Waals surface area contributed by atoms with E-state index in [1.807, 2.05) is 24.3 Å². The highest BCUT2D eigenvalue weighted by Crippen LogP contribution is 2.24. The van der Waals surface area contributed by atoms with Crippen LogP contribution in [0.4, 0.5) is 5.69 Å². The second-order valence-corrected chi connectivity index (χ2v) is 4.90. The Morgan fingerprint density at radius 1 is 1.04 bits per heavy atom. The number of nitriles is 1. The number of hydrogen-bond donors (Lipinski definition) is 0. The maximum absolute atomic E-state index is 11.0. The van der Waals surface area contributed by atoms with Gasteiger partial charge in [0.15, 0.2) is 0 Å². The summed E-state index contributed by atoms with van der Waals surface area (Å²) in [6.45, 7) is 0. The van der Waals surface area contributed by atoms with Crippen molar-refractivity contribution < 1.29 is 4.92 Å². The molecule has 3 aromatic rings. The van der Waals surface area contributed by atoms with Crippen molar-refractivity contribution in [3.05, 3.63) is 81.5 Å². The van der Waals surface area contributed by atoms with Crippen LogP contribution in [0, 0.1) is 21.4 Å². The van der Waals surface area contributed by atoms with Crippen LogP contribution in [0.1, 0.15) is 16.8 Å². The molecule has 0 spiro atoms. The molecule has 0 saturated heterocycles. The van der Waals surface area contributed by atoms with Crippen molar-refractivity contribution in [2.45, 2.75) is 0 Å². The topological polar surface area (TPSA) is 79.8 Å². The lowest BCUT2D eigenvalue weighted by Crippen LogP contribution is -1.91. The van der Waals surface area contributed by atoms with Crippen molar-refractivity contribution in [2.24, 2.45) is 0 Å². The molecule has 5 heteroatoms. The maximum Gasteiger partial charge on any atom is 0.278 e. The van der Waals surface area contributed by atoms with E-state index >= 15 is 0 Å². The molecule has 0 aliphatic carbocycles. The molecular weight excluding hydrogens is 290 g/mol. The van der Waals surface area contributed by atoms with Gasteiger partial charge < -0.3 is 0 Å². The molecule has 110 valence electrons. The molecule has 1 heterocycles. The second kappa shape index (κ2) is 6.08. The third-order valence-electron chi connectivity index (χ3n) is 3.41. The van der Waals surface area contributed by atoms with Gasteiger partial charge in [-0.3, -0.25) is 10.1 Å². The Hall–Kier alpha value is -3.52. The number of pyridine rings is 1. The highest BCUT2D eigenvalue weighted by molar-refractivity contribution is 5.88. The fourth-order valence-electron chi connectivity index (χ4n) is 2.26. The van der Waals surface area contributed by atoms with Gasteiger partial charge in [-0.1, -0.05) is 24.3 Å². The normalized spacial score (nSPS) is 10.7. The first-order chi connectivity index (χ1) is 11.2. The summed E-state index contributed by atoms with van der Waals surface area (Å²) in [7, 11) is 0. The summed E-state index contributed by atoms with van der Waals surface area (Å²) in [6.07, 6.45) is 3.71. The van der Waals surface area contributed by atoms with Gasteiger partial charge in [0, 0.05) is 6.07 Å². The minimum atomic E-state index is -0.406. The zero-order valence-electron chi connectivity index (χ0n) is 12.0. The SMILES string of the molecule is N#Cc1ccc(C=Cc2ccc3c([N+](=O)[O-])cccc3n2)cc1. The van der Waals surface area contributed by atoms with Crippen LogP contribution in [0.5, 0.6) is 0 Å². The number of rotatable bonds is 3. The van der Waals surface area contributed by atoms with E-state index in [9.17, 15) is 10.1 Å². The Balaban J connectivity index is 1.93. The number of aromatic nitrogens is 1. The Morgan fingerprint density at radius 3 is 2.52 bits per heavy atom. The summed E-state index contributed by atoms with van der Waals surface area (Å²) in [5, 5.41) is 20.3. The molecule has 23 heavy (non-hydrogen) atoms. The molecule has 0 amide bonds. The van der Waals surface area contributed by atoms with E-state index in [1.54, 1.807) is 36.4 Å². The number of benzene rings is 2. The Bertz CT molecular complexity index is 954. The van der Waals surface area contributed by atoms with E-state index in [1.165, 1.54) is 6.07 Å². The lowest BCUT2D eigenvalue weighted by molar-refractivity contribution is -0.383. The molecule has 1 aromatic heterocycles. The summed E-state index contributed by atoms with van der Waals surface area (Å²) in [4.78, 5) is 15.0. The third kappa shape index (κ3) is 3.06. The molecule has 0 radical (unpaired) electrons. The highest BCUT2D eigenvalue weighted by atomic mass is 16.6. The Kier molecular flexibility index (Phi) is 3.81. The molecule has 3 rings (SSSR count). The molecule has 0 N–H and O–H groups in total. The quantitative estimate of drug-likeness (QED) is 0.536. The van der Waals surface area contributed by atoms with E-state index < -0.39 is 4.92 Å². The molecule has 0 fully saturated rings. The van der Waals surface area contributed by atoms with E-state index in [2.05, 4.69) is 11.1 Å². The number of fused-ring (bicyclic) bond motifs is 1. The average molecular weight is 301 g/mol. The number of hydrogen-bond acceptors (Lipinski definition) is 4. The van der Waals surface area contributed by atoms with Crippen LogP contribution >= 0.6 is 0 Å². The summed E-state index contributed by atoms with van der Waals surface area (Å²) >= 11 is 0. The van der Waals surface area contributed by atoms with Crippen LogP contribution in [-0.2, 0) is 0 Å². The molecule has 0 saturated carbocycles. The number of nitro groups is 1. The van der Waals surface area contributed by atoms with Crippen molar-refractivity contribution in [1.29, 1.82) is 5.26 Å². The predicted octanol–water partition coefficient (Wildman–Crippen LogP) is 4.19. The fraction of sp³-hybridized carbons (Fsp3) is 0. The number of nitrogens with zero attached hydrogens (tertiary/aromatic N) is 3. The molecule has 0 bridgehead atoms. The van der Waals surface area contributed by atoms with Crippen LogP contribution in [-0.4, -0.2) is 9.91 Å². The zero-order chi connectivity index (χ0) is 16.2. The van der Waals surface area contributed by atoms with Gasteiger partial charge in [-0.05, 0) is 42.0 Å². The van der Waals surface area contributed by atoms with Crippen LogP contribution < -0.4 is 0 Å². The van der Waals surface area contributed by atoms with Gasteiger partial charge in [0.2, 0.25) is 0 Å². The van der Waals surface area contributed by atoms with Gasteiger partial charge in [0.05, 0.1) is 33.2 Å². The minimum absolute atomic E-state index is 0.0534. The van der Waals surface area contributed by atoms with Crippen molar-refractivity contribution in [2.75, 3.05) is 0 Å². The summed E-state index contributed by atoms with van der Waals surface area (Å²) in [5.41, 5.74) is 2.91. The Morgan fingerprint density at radius 2 is 1.83 bits per heavy atom. The van der Waals surface area contributed by atoms with Crippen LogP contribution in [0.25, 0.3) is 23.1 Å². The highest BCUT2D eigenvalue weighted by Gasteiger charge is 2.11. The third-order valence-corrected chi connectivity index (χ3v) is 3.41. The molecule has 2 aromatic carbocycles. The molecular formula is C18H11N3O2. The lowest BCUT2D eigenvalue weighted by Gasteiger charge is -2.00. The first-order valence-corrected chi connectivity index (χ1v) is 6.90. The monoisotopic (exact) mass is 301 g/mol. The Labute approximate surface area is 132 Å². The molecule has 0 atom stereocenters. The van der Waals surface area contributed by atoms with Crippen molar-refractivity contribution in [3.8, 4) is 6.07 Å². The van der Waals surface area contributed by atoms with Gasteiger partial charge in [0.1, 0.15) is 0 Å². The maximum atomic E-state index is 11.0. The molecule has 0 aliphatic heterocycles. The summed E-state index contributed by atoms with van der Waals surface area (Å²) in [5.74, 6) is 0. The van der Waals surface area contributed by atoms with Crippen molar-refractivity contribution in [3.63, 3.8) is 0 Å². The number of nitro benzene ring substituents is 1. The van der Waals surface area contributed by atoms with Crippen LogP contribution in [0.3, 0.4) is 0 Å². The number of non-ortho nitro benzene ring substituents is 1. The van der Waals surface area contributed by atoms with Crippen LogP contribution in [0.2, 0.25) is 0 Å². The molecule has 0 unspecified atom stereocenters. The summed E-state index contributed by atoms with van der Waals surface area (Å²) < 4.78 is 0. The van der Waals surface area contributed by atoms with E-state index in [0.29, 0.717) is 22.2 Å². The zero-order valence-corrected chi connectivity index (χ0v) is 12.0. The van der Waals surface area contributed by atoms with Crippen molar-refractivity contribution in [1.82, 2.24) is 4.98 Å². The van der Waals surface area contributed by atoms with Gasteiger partial charge >= 0.3 is 0 Å². The van der Waals surface area contributed by atoms with Gasteiger partial charge in [-0.25, -0.2) is 4.98 Å². The lowest BCUT2D eigenvalue weighted by atomic mass is 10.1. The minimum Gasteiger partial charge on any atom is -0.258 e. The van der Waals surface area contributed by atoms with Gasteiger partial charge in [-0.15, -0.1) is 0 Å². The first kappa shape index (κ1) is 14.4. The molecule has 5 nitrogen and oxygen atoms in total. The smallest absolute Gasteiger partial charge is 0.258 e. The summed E-state index contributed by atoms with van der Waals surface area (Å²) in [6, 6.07) is 17.6. The largest absolute Gasteiger partial charge is 0.278 e. The van der Waals surface area contributed by atoms with E-state index in [-0.39, 0.29) is 5.69 Å². The van der Waals surface area contributed by atoms with Crippen LogP contribution in [0.15, 0.2) is 54.6 Å². The van der Waals surface area contributed by atoms with E-state index in [0.717, 1.165) is 5.56 Å². The second-order valence-electron chi connectivity index (χ2n) is 4.90. The van der Waals surface area contributed by atoms with Gasteiger partial charge in [0.25, 0.3) is 5.69 Å². The fourth-order valence-corrected chi connectivity index (χ4v) is 2.26. The average Bonchev–Trinajstić information content (AvgIpc) is 2.59. The van der Waals surface area contributed by atoms with Gasteiger partial charge in [-0.2, -0.15) is 5.26 Å². The predicted molar refractivity (Wildman–Crippen MR) is 88.5 cm³/mol. The van der Waals surface area contributed by atoms with Crippen molar-refractivity contribution >= 4 is 28.7 Å².